The van der Waals surface area contributed by atoms with E-state index in [0.717, 1.165) is 6.42 Å². The number of carbonyl (C=O) groups is 2. The summed E-state index contributed by atoms with van der Waals surface area (Å²) in [5.41, 5.74) is 0.685. The van der Waals surface area contributed by atoms with Crippen LogP contribution in [0.4, 0.5) is 11.4 Å². The van der Waals surface area contributed by atoms with E-state index < -0.39 is 10.8 Å². The van der Waals surface area contributed by atoms with Gasteiger partial charge in [-0.05, 0) is 37.6 Å². The zero-order chi connectivity index (χ0) is 19.8. The molecule has 0 fully saturated rings. The molecule has 27 heavy (non-hydrogen) atoms. The van der Waals surface area contributed by atoms with Crippen molar-refractivity contribution in [2.75, 3.05) is 11.9 Å². The Bertz CT molecular complexity index is 820. The molecule has 0 spiro atoms. The van der Waals surface area contributed by atoms with E-state index in [1.807, 2.05) is 13.8 Å². The molecule has 8 heteroatoms. The maximum Gasteiger partial charge on any atom is 0.269 e. The average molecular weight is 371 g/mol. The van der Waals surface area contributed by atoms with Crippen LogP contribution in [0.5, 0.6) is 5.75 Å². The summed E-state index contributed by atoms with van der Waals surface area (Å²) in [5, 5.41) is 16.1. The minimum Gasteiger partial charge on any atom is -0.484 e. The highest BCUT2D eigenvalue weighted by Crippen LogP contribution is 2.18. The Morgan fingerprint density at radius 3 is 2.44 bits per heavy atom. The first-order valence-electron chi connectivity index (χ1n) is 8.47. The minimum atomic E-state index is -0.516. The van der Waals surface area contributed by atoms with Gasteiger partial charge in [-0.15, -0.1) is 0 Å². The van der Waals surface area contributed by atoms with Crippen LogP contribution in [0.15, 0.2) is 48.5 Å². The van der Waals surface area contributed by atoms with Crippen molar-refractivity contribution in [3.05, 3.63) is 64.2 Å². The lowest BCUT2D eigenvalue weighted by Crippen LogP contribution is -2.33. The van der Waals surface area contributed by atoms with Crippen LogP contribution >= 0.6 is 0 Å². The third-order valence-corrected chi connectivity index (χ3v) is 3.85. The van der Waals surface area contributed by atoms with Crippen LogP contribution in [-0.2, 0) is 4.79 Å². The standard InChI is InChI=1S/C19H21N3O5/c1-3-13(2)20-19(24)16-6-4-5-7-17(16)21-18(23)12-27-15-10-8-14(9-11-15)22(25)26/h4-11,13H,3,12H2,1-2H3,(H,20,24)(H,21,23). The number of carbonyl (C=O) groups excluding carboxylic acids is 2. The second-order valence-electron chi connectivity index (χ2n) is 5.92. The van der Waals surface area contributed by atoms with Crippen molar-refractivity contribution in [1.29, 1.82) is 0 Å². The fraction of sp³-hybridized carbons (Fsp3) is 0.263. The third-order valence-electron chi connectivity index (χ3n) is 3.85. The fourth-order valence-corrected chi connectivity index (χ4v) is 2.19. The van der Waals surface area contributed by atoms with Crippen LogP contribution in [0.2, 0.25) is 0 Å². The number of hydrogen-bond donors (Lipinski definition) is 2. The first-order valence-corrected chi connectivity index (χ1v) is 8.47. The van der Waals surface area contributed by atoms with E-state index in [0.29, 0.717) is 17.0 Å². The molecule has 2 rings (SSSR count). The van der Waals surface area contributed by atoms with Crippen molar-refractivity contribution in [3.63, 3.8) is 0 Å². The monoisotopic (exact) mass is 371 g/mol. The van der Waals surface area contributed by atoms with Crippen LogP contribution in [-0.4, -0.2) is 29.4 Å². The average Bonchev–Trinajstić information content (AvgIpc) is 2.66. The molecule has 0 bridgehead atoms. The molecule has 2 aromatic carbocycles. The molecule has 0 aromatic heterocycles. The number of nitro benzene ring substituents is 1. The first kappa shape index (κ1) is 19.9. The van der Waals surface area contributed by atoms with Gasteiger partial charge in [-0.2, -0.15) is 0 Å². The molecule has 142 valence electrons. The Labute approximate surface area is 156 Å². The fourth-order valence-electron chi connectivity index (χ4n) is 2.19. The number of amides is 2. The normalized spacial score (nSPS) is 11.3. The molecule has 2 amide bonds. The lowest BCUT2D eigenvalue weighted by Gasteiger charge is -2.14. The van der Waals surface area contributed by atoms with Gasteiger partial charge >= 0.3 is 0 Å². The van der Waals surface area contributed by atoms with Crippen LogP contribution in [0, 0.1) is 10.1 Å². The van der Waals surface area contributed by atoms with E-state index in [1.54, 1.807) is 24.3 Å². The predicted octanol–water partition coefficient (Wildman–Crippen LogP) is 3.14. The molecule has 0 heterocycles. The highest BCUT2D eigenvalue weighted by atomic mass is 16.6. The van der Waals surface area contributed by atoms with Crippen LogP contribution in [0.1, 0.15) is 30.6 Å². The third kappa shape index (κ3) is 5.81. The number of benzene rings is 2. The largest absolute Gasteiger partial charge is 0.484 e. The quantitative estimate of drug-likeness (QED) is 0.547. The van der Waals surface area contributed by atoms with Gasteiger partial charge in [0.05, 0.1) is 16.2 Å². The Morgan fingerprint density at radius 1 is 1.15 bits per heavy atom. The van der Waals surface area contributed by atoms with E-state index in [4.69, 9.17) is 4.74 Å². The molecular weight excluding hydrogens is 350 g/mol. The molecule has 0 aliphatic carbocycles. The van der Waals surface area contributed by atoms with Gasteiger partial charge in [-0.25, -0.2) is 0 Å². The molecule has 1 atom stereocenters. The number of rotatable bonds is 8. The van der Waals surface area contributed by atoms with Gasteiger partial charge in [0, 0.05) is 18.2 Å². The molecule has 0 saturated carbocycles. The Morgan fingerprint density at radius 2 is 1.81 bits per heavy atom. The summed E-state index contributed by atoms with van der Waals surface area (Å²) in [4.78, 5) is 34.6. The van der Waals surface area contributed by atoms with Crippen molar-refractivity contribution in [2.24, 2.45) is 0 Å². The van der Waals surface area contributed by atoms with Crippen molar-refractivity contribution in [2.45, 2.75) is 26.3 Å². The number of ether oxygens (including phenoxy) is 1. The molecule has 0 aliphatic rings. The highest BCUT2D eigenvalue weighted by molar-refractivity contribution is 6.04. The summed E-state index contributed by atoms with van der Waals surface area (Å²) in [5.74, 6) is -0.382. The van der Waals surface area contributed by atoms with Crippen molar-refractivity contribution in [3.8, 4) is 5.75 Å². The summed E-state index contributed by atoms with van der Waals surface area (Å²) in [7, 11) is 0. The number of nitrogens with zero attached hydrogens (tertiary/aromatic N) is 1. The van der Waals surface area contributed by atoms with E-state index in [-0.39, 0.29) is 24.2 Å². The second-order valence-corrected chi connectivity index (χ2v) is 5.92. The van der Waals surface area contributed by atoms with Gasteiger partial charge in [0.2, 0.25) is 0 Å². The zero-order valence-electron chi connectivity index (χ0n) is 15.1. The topological polar surface area (TPSA) is 111 Å². The lowest BCUT2D eigenvalue weighted by molar-refractivity contribution is -0.384. The lowest BCUT2D eigenvalue weighted by atomic mass is 10.1. The second kappa shape index (κ2) is 9.33. The van der Waals surface area contributed by atoms with Gasteiger partial charge in [0.1, 0.15) is 5.75 Å². The summed E-state index contributed by atoms with van der Waals surface area (Å²) < 4.78 is 5.32. The molecule has 1 unspecified atom stereocenters. The smallest absolute Gasteiger partial charge is 0.269 e. The Kier molecular flexibility index (Phi) is 6.87. The molecule has 0 saturated heterocycles. The van der Waals surface area contributed by atoms with Crippen LogP contribution in [0.3, 0.4) is 0 Å². The molecule has 2 aromatic rings. The number of nitro groups is 1. The number of hydrogen-bond acceptors (Lipinski definition) is 5. The molecular formula is C19H21N3O5. The summed E-state index contributed by atoms with van der Waals surface area (Å²) in [6.45, 7) is 3.57. The number of nitrogens with one attached hydrogen (secondary N) is 2. The van der Waals surface area contributed by atoms with Gasteiger partial charge in [0.15, 0.2) is 6.61 Å². The van der Waals surface area contributed by atoms with Gasteiger partial charge in [0.25, 0.3) is 17.5 Å². The Balaban J connectivity index is 1.97. The van der Waals surface area contributed by atoms with E-state index >= 15 is 0 Å². The van der Waals surface area contributed by atoms with Crippen molar-refractivity contribution < 1.29 is 19.2 Å². The number of para-hydroxylation sites is 1. The van der Waals surface area contributed by atoms with Gasteiger partial charge in [-0.1, -0.05) is 19.1 Å². The molecule has 0 aliphatic heterocycles. The van der Waals surface area contributed by atoms with Crippen molar-refractivity contribution in [1.82, 2.24) is 5.32 Å². The summed E-state index contributed by atoms with van der Waals surface area (Å²) in [6.07, 6.45) is 0.795. The molecule has 0 radical (unpaired) electrons. The number of non-ortho nitro benzene ring substituents is 1. The SMILES string of the molecule is CCC(C)NC(=O)c1ccccc1NC(=O)COc1ccc([N+](=O)[O-])cc1. The number of anilines is 1. The maximum absolute atomic E-state index is 12.3. The Hall–Kier alpha value is -3.42. The van der Waals surface area contributed by atoms with E-state index in [9.17, 15) is 19.7 Å². The molecule has 8 nitrogen and oxygen atoms in total. The maximum atomic E-state index is 12.3. The predicted molar refractivity (Wildman–Crippen MR) is 101 cm³/mol. The van der Waals surface area contributed by atoms with Crippen molar-refractivity contribution >= 4 is 23.2 Å². The highest BCUT2D eigenvalue weighted by Gasteiger charge is 2.15. The molecule has 2 N–H and O–H groups in total. The first-order chi connectivity index (χ1) is 12.9. The minimum absolute atomic E-state index is 0.0201. The van der Waals surface area contributed by atoms with E-state index in [1.165, 1.54) is 24.3 Å². The van der Waals surface area contributed by atoms with Crippen LogP contribution < -0.4 is 15.4 Å². The van der Waals surface area contributed by atoms with Gasteiger partial charge < -0.3 is 15.4 Å². The summed E-state index contributed by atoms with van der Waals surface area (Å²) in [6, 6.07) is 12.1. The van der Waals surface area contributed by atoms with Crippen LogP contribution in [0.25, 0.3) is 0 Å². The van der Waals surface area contributed by atoms with E-state index in [2.05, 4.69) is 10.6 Å². The zero-order valence-corrected chi connectivity index (χ0v) is 15.1. The summed E-state index contributed by atoms with van der Waals surface area (Å²) >= 11 is 0. The van der Waals surface area contributed by atoms with Gasteiger partial charge in [-0.3, -0.25) is 19.7 Å².